The lowest BCUT2D eigenvalue weighted by Crippen LogP contribution is -2.09. The van der Waals surface area contributed by atoms with Crippen molar-refractivity contribution in [2.24, 2.45) is 0 Å². The lowest BCUT2D eigenvalue weighted by atomic mass is 10.0. The van der Waals surface area contributed by atoms with Crippen LogP contribution in [0.3, 0.4) is 0 Å². The van der Waals surface area contributed by atoms with Crippen molar-refractivity contribution in [3.05, 3.63) is 89.2 Å². The summed E-state index contributed by atoms with van der Waals surface area (Å²) in [5, 5.41) is 0. The van der Waals surface area contributed by atoms with Crippen molar-refractivity contribution in [3.63, 3.8) is 0 Å². The summed E-state index contributed by atoms with van der Waals surface area (Å²) >= 11 is 3.37. The first-order valence-corrected chi connectivity index (χ1v) is 12.0. The Hall–Kier alpha value is -2.91. The highest BCUT2D eigenvalue weighted by atomic mass is 79.9. The molecule has 0 amide bonds. The number of hydrogen-bond donors (Lipinski definition) is 0. The van der Waals surface area contributed by atoms with E-state index in [1.54, 1.807) is 47.0 Å². The van der Waals surface area contributed by atoms with Gasteiger partial charge in [0.2, 0.25) is 0 Å². The number of halogens is 4. The molecule has 0 atom stereocenters. The van der Waals surface area contributed by atoms with Crippen LogP contribution in [0, 0.1) is 0 Å². The van der Waals surface area contributed by atoms with Crippen molar-refractivity contribution < 1.29 is 21.6 Å². The Morgan fingerprint density at radius 2 is 1.59 bits per heavy atom. The molecule has 4 nitrogen and oxygen atoms in total. The number of alkyl halides is 3. The van der Waals surface area contributed by atoms with Gasteiger partial charge >= 0.3 is 6.18 Å². The van der Waals surface area contributed by atoms with Gasteiger partial charge in [-0.3, -0.25) is 4.57 Å². The van der Waals surface area contributed by atoms with Crippen LogP contribution in [-0.4, -0.2) is 24.2 Å². The molecule has 0 aliphatic carbocycles. The molecule has 0 radical (unpaired) electrons. The maximum Gasteiger partial charge on any atom is 0.417 e. The monoisotopic (exact) mass is 520 g/mol. The fraction of sp³-hybridized carbons (Fsp3) is 0.0870. The second-order valence-electron chi connectivity index (χ2n) is 7.13. The standard InChI is InChI=1S/C23H16BrF3N2O2S/c1-32(30,31)18-6-4-5-16(13-18)15-9-11-17(12-10-15)29-21(24)14-28-22(29)19-7-2-3-8-20(19)23(25,26)27/h2-14H,1H3. The van der Waals surface area contributed by atoms with Crippen LogP contribution in [0.2, 0.25) is 0 Å². The van der Waals surface area contributed by atoms with Gasteiger partial charge in [0.05, 0.1) is 16.7 Å². The smallest absolute Gasteiger partial charge is 0.287 e. The molecule has 4 aromatic rings. The number of rotatable bonds is 4. The van der Waals surface area contributed by atoms with Gasteiger partial charge in [-0.2, -0.15) is 13.2 Å². The second-order valence-corrected chi connectivity index (χ2v) is 9.96. The van der Waals surface area contributed by atoms with Crippen LogP contribution in [0.15, 0.2) is 88.5 Å². The van der Waals surface area contributed by atoms with Crippen LogP contribution in [0.5, 0.6) is 0 Å². The van der Waals surface area contributed by atoms with E-state index in [0.717, 1.165) is 17.9 Å². The van der Waals surface area contributed by atoms with Crippen LogP contribution in [0.4, 0.5) is 13.2 Å². The molecular formula is C23H16BrF3N2O2S. The van der Waals surface area contributed by atoms with Gasteiger partial charge < -0.3 is 0 Å². The lowest BCUT2D eigenvalue weighted by Gasteiger charge is -2.15. The Morgan fingerprint density at radius 1 is 0.906 bits per heavy atom. The number of nitrogens with zero attached hydrogens (tertiary/aromatic N) is 2. The van der Waals surface area contributed by atoms with E-state index >= 15 is 0 Å². The van der Waals surface area contributed by atoms with Gasteiger partial charge in [0.25, 0.3) is 0 Å². The SMILES string of the molecule is CS(=O)(=O)c1cccc(-c2ccc(-n3c(Br)cnc3-c3ccccc3C(F)(F)F)cc2)c1. The van der Waals surface area contributed by atoms with Crippen LogP contribution >= 0.6 is 15.9 Å². The van der Waals surface area contributed by atoms with Gasteiger partial charge in [0, 0.05) is 17.5 Å². The predicted octanol–water partition coefficient (Wildman–Crippen LogP) is 6.39. The molecule has 0 saturated carbocycles. The number of benzene rings is 3. The van der Waals surface area contributed by atoms with E-state index < -0.39 is 21.6 Å². The van der Waals surface area contributed by atoms with Crippen molar-refractivity contribution in [3.8, 4) is 28.2 Å². The molecule has 1 heterocycles. The summed E-state index contributed by atoms with van der Waals surface area (Å²) < 4.78 is 66.4. The zero-order valence-electron chi connectivity index (χ0n) is 16.6. The van der Waals surface area contributed by atoms with E-state index in [2.05, 4.69) is 20.9 Å². The molecule has 4 rings (SSSR count). The molecule has 0 N–H and O–H groups in total. The molecule has 0 saturated heterocycles. The maximum absolute atomic E-state index is 13.5. The minimum absolute atomic E-state index is 0.0318. The molecule has 9 heteroatoms. The zero-order valence-corrected chi connectivity index (χ0v) is 19.0. The molecule has 0 bridgehead atoms. The summed E-state index contributed by atoms with van der Waals surface area (Å²) in [6.07, 6.45) is -1.92. The molecule has 0 aliphatic rings. The highest BCUT2D eigenvalue weighted by molar-refractivity contribution is 9.10. The minimum atomic E-state index is -4.52. The summed E-state index contributed by atoms with van der Waals surface area (Å²) in [4.78, 5) is 4.42. The average Bonchev–Trinajstić information content (AvgIpc) is 3.14. The first-order chi connectivity index (χ1) is 15.1. The Kier molecular flexibility index (Phi) is 5.72. The first kappa shape index (κ1) is 22.3. The van der Waals surface area contributed by atoms with Gasteiger partial charge in [-0.1, -0.05) is 42.5 Å². The first-order valence-electron chi connectivity index (χ1n) is 9.36. The quantitative estimate of drug-likeness (QED) is 0.313. The molecule has 1 aromatic heterocycles. The van der Waals surface area contributed by atoms with E-state index in [1.165, 1.54) is 30.5 Å². The highest BCUT2D eigenvalue weighted by Gasteiger charge is 2.34. The van der Waals surface area contributed by atoms with Crippen LogP contribution in [0.25, 0.3) is 28.2 Å². The van der Waals surface area contributed by atoms with Crippen molar-refractivity contribution in [1.29, 1.82) is 0 Å². The summed E-state index contributed by atoms with van der Waals surface area (Å²) in [6.45, 7) is 0. The second kappa shape index (κ2) is 8.22. The molecule has 164 valence electrons. The summed E-state index contributed by atoms with van der Waals surface area (Å²) in [6, 6.07) is 18.9. The van der Waals surface area contributed by atoms with Gasteiger partial charge in [0.1, 0.15) is 10.4 Å². The average molecular weight is 521 g/mol. The Morgan fingerprint density at radius 3 is 2.25 bits per heavy atom. The molecule has 0 fully saturated rings. The maximum atomic E-state index is 13.5. The zero-order chi connectivity index (χ0) is 23.1. The Balaban J connectivity index is 1.78. The normalized spacial score (nSPS) is 12.2. The van der Waals surface area contributed by atoms with Crippen LogP contribution in [-0.2, 0) is 16.0 Å². The molecule has 32 heavy (non-hydrogen) atoms. The number of hydrogen-bond acceptors (Lipinski definition) is 3. The summed E-state index contributed by atoms with van der Waals surface area (Å²) in [5.74, 6) is 0.150. The Labute approximate surface area is 191 Å². The molecule has 0 spiro atoms. The lowest BCUT2D eigenvalue weighted by molar-refractivity contribution is -0.137. The van der Waals surface area contributed by atoms with Crippen LogP contribution in [0.1, 0.15) is 5.56 Å². The molecular weight excluding hydrogens is 505 g/mol. The largest absolute Gasteiger partial charge is 0.417 e. The fourth-order valence-electron chi connectivity index (χ4n) is 3.40. The van der Waals surface area contributed by atoms with Crippen LogP contribution < -0.4 is 0 Å². The van der Waals surface area contributed by atoms with Crippen molar-refractivity contribution in [2.75, 3.05) is 6.26 Å². The Bertz CT molecular complexity index is 1400. The third-order valence-corrected chi connectivity index (χ3v) is 6.58. The third kappa shape index (κ3) is 4.35. The van der Waals surface area contributed by atoms with Gasteiger partial charge in [-0.25, -0.2) is 13.4 Å². The topological polar surface area (TPSA) is 52.0 Å². The third-order valence-electron chi connectivity index (χ3n) is 4.91. The summed E-state index contributed by atoms with van der Waals surface area (Å²) in [5.41, 5.74) is 1.29. The van der Waals surface area contributed by atoms with Crippen molar-refractivity contribution in [2.45, 2.75) is 11.1 Å². The van der Waals surface area contributed by atoms with Gasteiger partial charge in [0.15, 0.2) is 9.84 Å². The highest BCUT2D eigenvalue weighted by Crippen LogP contribution is 2.38. The van der Waals surface area contributed by atoms with Crippen molar-refractivity contribution in [1.82, 2.24) is 9.55 Å². The van der Waals surface area contributed by atoms with Crippen molar-refractivity contribution >= 4 is 25.8 Å². The van der Waals surface area contributed by atoms with E-state index in [0.29, 0.717) is 15.9 Å². The minimum Gasteiger partial charge on any atom is -0.287 e. The summed E-state index contributed by atoms with van der Waals surface area (Å²) in [7, 11) is -3.35. The fourth-order valence-corrected chi connectivity index (χ4v) is 4.54. The van der Waals surface area contributed by atoms with E-state index in [4.69, 9.17) is 0 Å². The number of aromatic nitrogens is 2. The molecule has 3 aromatic carbocycles. The van der Waals surface area contributed by atoms with Gasteiger partial charge in [-0.15, -0.1) is 0 Å². The van der Waals surface area contributed by atoms with E-state index in [-0.39, 0.29) is 16.3 Å². The predicted molar refractivity (Wildman–Crippen MR) is 120 cm³/mol. The number of sulfone groups is 1. The van der Waals surface area contributed by atoms with E-state index in [1.807, 2.05) is 0 Å². The molecule has 0 unspecified atom stereocenters. The molecule has 0 aliphatic heterocycles. The van der Waals surface area contributed by atoms with E-state index in [9.17, 15) is 21.6 Å². The number of imidazole rings is 1. The van der Waals surface area contributed by atoms with Gasteiger partial charge in [-0.05, 0) is 57.4 Å².